The van der Waals surface area contributed by atoms with Gasteiger partial charge in [-0.15, -0.1) is 0 Å². The van der Waals surface area contributed by atoms with Gasteiger partial charge >= 0.3 is 0 Å². The van der Waals surface area contributed by atoms with Crippen LogP contribution in [0.3, 0.4) is 0 Å². The lowest BCUT2D eigenvalue weighted by atomic mass is 10.0. The molecule has 1 aromatic rings. The number of hydrogen-bond acceptors (Lipinski definition) is 5. The first kappa shape index (κ1) is 13.3. The van der Waals surface area contributed by atoms with Crippen molar-refractivity contribution in [2.45, 2.75) is 24.4 Å². The van der Waals surface area contributed by atoms with Crippen LogP contribution in [0.25, 0.3) is 0 Å². The summed E-state index contributed by atoms with van der Waals surface area (Å²) in [4.78, 5) is 3.80. The van der Waals surface area contributed by atoms with Crippen LogP contribution in [-0.2, 0) is 17.1 Å². The molecule has 0 aromatic carbocycles. The summed E-state index contributed by atoms with van der Waals surface area (Å²) in [7, 11) is -2.12. The van der Waals surface area contributed by atoms with Crippen LogP contribution in [0.5, 0.6) is 0 Å². The van der Waals surface area contributed by atoms with Crippen molar-refractivity contribution in [3.05, 3.63) is 6.33 Å². The van der Waals surface area contributed by atoms with E-state index in [0.717, 1.165) is 6.42 Å². The van der Waals surface area contributed by atoms with E-state index in [-0.39, 0.29) is 29.4 Å². The minimum atomic E-state index is -3.70. The van der Waals surface area contributed by atoms with Crippen molar-refractivity contribution < 1.29 is 13.5 Å². The molecule has 0 spiro atoms. The molecule has 1 aromatic heterocycles. The Morgan fingerprint density at radius 3 is 2.78 bits per heavy atom. The monoisotopic (exact) mass is 274 g/mol. The quantitative estimate of drug-likeness (QED) is 0.766. The molecule has 102 valence electrons. The molecule has 7 nitrogen and oxygen atoms in total. The van der Waals surface area contributed by atoms with Gasteiger partial charge in [0.1, 0.15) is 0 Å². The third-order valence-electron chi connectivity index (χ3n) is 3.48. The van der Waals surface area contributed by atoms with E-state index >= 15 is 0 Å². The number of nitrogen functional groups attached to an aromatic ring is 1. The zero-order valence-electron chi connectivity index (χ0n) is 10.4. The molecule has 0 aliphatic carbocycles. The lowest BCUT2D eigenvalue weighted by Gasteiger charge is -2.24. The summed E-state index contributed by atoms with van der Waals surface area (Å²) in [5.41, 5.74) is 5.62. The van der Waals surface area contributed by atoms with Crippen molar-refractivity contribution in [1.29, 1.82) is 0 Å². The molecule has 1 aliphatic heterocycles. The summed E-state index contributed by atoms with van der Waals surface area (Å²) in [5.74, 6) is 0.132. The van der Waals surface area contributed by atoms with Gasteiger partial charge in [0.15, 0.2) is 10.8 Å². The molecule has 1 saturated heterocycles. The molecule has 0 bridgehead atoms. The number of hydrogen-bond donors (Lipinski definition) is 2. The van der Waals surface area contributed by atoms with Gasteiger partial charge in [-0.05, 0) is 12.3 Å². The van der Waals surface area contributed by atoms with Gasteiger partial charge < -0.3 is 15.4 Å². The molecule has 1 fully saturated rings. The summed E-state index contributed by atoms with van der Waals surface area (Å²) >= 11 is 0. The van der Waals surface area contributed by atoms with Crippen LogP contribution < -0.4 is 5.73 Å². The Labute approximate surface area is 106 Å². The van der Waals surface area contributed by atoms with Gasteiger partial charge in [-0.3, -0.25) is 0 Å². The van der Waals surface area contributed by atoms with E-state index in [0.29, 0.717) is 6.54 Å². The molecular weight excluding hydrogens is 256 g/mol. The van der Waals surface area contributed by atoms with E-state index in [4.69, 9.17) is 5.73 Å². The molecule has 8 heteroatoms. The fourth-order valence-corrected chi connectivity index (χ4v) is 4.33. The van der Waals surface area contributed by atoms with Crippen LogP contribution in [0.2, 0.25) is 0 Å². The fraction of sp³-hybridized carbons (Fsp3) is 0.700. The van der Waals surface area contributed by atoms with Crippen molar-refractivity contribution in [1.82, 2.24) is 13.9 Å². The molecule has 0 saturated carbocycles. The third-order valence-corrected chi connectivity index (χ3v) is 5.54. The van der Waals surface area contributed by atoms with Crippen molar-refractivity contribution in [3.8, 4) is 0 Å². The molecule has 2 rings (SSSR count). The van der Waals surface area contributed by atoms with E-state index < -0.39 is 10.0 Å². The van der Waals surface area contributed by atoms with Crippen molar-refractivity contribution in [2.75, 3.05) is 18.9 Å². The summed E-state index contributed by atoms with van der Waals surface area (Å²) in [6, 6.07) is -0.385. The molecule has 0 radical (unpaired) electrons. The maximum atomic E-state index is 12.5. The second kappa shape index (κ2) is 4.52. The van der Waals surface area contributed by atoms with E-state index in [1.807, 2.05) is 6.92 Å². The Morgan fingerprint density at radius 1 is 1.61 bits per heavy atom. The van der Waals surface area contributed by atoms with E-state index in [1.165, 1.54) is 15.2 Å². The Balaban J connectivity index is 2.44. The lowest BCUT2D eigenvalue weighted by molar-refractivity contribution is 0.190. The maximum Gasteiger partial charge on any atom is 0.262 e. The number of nitrogens with two attached hydrogens (primary N) is 1. The average Bonchev–Trinajstić information content (AvgIpc) is 2.82. The number of aliphatic hydroxyl groups excluding tert-OH is 1. The number of rotatable bonds is 3. The SMILES string of the molecule is CC1CCN(S(=O)(=O)c2c(N)ncn2C)C1CO. The molecule has 2 unspecified atom stereocenters. The topological polar surface area (TPSA) is 101 Å². The summed E-state index contributed by atoms with van der Waals surface area (Å²) in [5, 5.41) is 9.34. The predicted molar refractivity (Wildman–Crippen MR) is 66.2 cm³/mol. The number of aliphatic hydroxyl groups is 1. The van der Waals surface area contributed by atoms with E-state index in [9.17, 15) is 13.5 Å². The molecule has 2 atom stereocenters. The van der Waals surface area contributed by atoms with Crippen LogP contribution in [0.4, 0.5) is 5.82 Å². The van der Waals surface area contributed by atoms with Crippen LogP contribution in [0.15, 0.2) is 11.4 Å². The zero-order chi connectivity index (χ0) is 13.5. The molecule has 18 heavy (non-hydrogen) atoms. The highest BCUT2D eigenvalue weighted by Crippen LogP contribution is 2.31. The van der Waals surface area contributed by atoms with E-state index in [1.54, 1.807) is 7.05 Å². The molecular formula is C10H18N4O3S. The molecule has 2 heterocycles. The Kier molecular flexibility index (Phi) is 3.35. The molecule has 1 aliphatic rings. The highest BCUT2D eigenvalue weighted by Gasteiger charge is 2.41. The van der Waals surface area contributed by atoms with Crippen molar-refractivity contribution >= 4 is 15.8 Å². The first-order chi connectivity index (χ1) is 8.39. The highest BCUT2D eigenvalue weighted by molar-refractivity contribution is 7.89. The molecule has 0 amide bonds. The average molecular weight is 274 g/mol. The Morgan fingerprint density at radius 2 is 2.28 bits per heavy atom. The van der Waals surface area contributed by atoms with Gasteiger partial charge in [-0.25, -0.2) is 13.4 Å². The lowest BCUT2D eigenvalue weighted by Crippen LogP contribution is -2.40. The standard InChI is InChI=1S/C10H18N4O3S/c1-7-3-4-14(8(7)5-15)18(16,17)10-9(11)12-6-13(10)2/h6-8,15H,3-5,11H2,1-2H3. The first-order valence-corrected chi connectivity index (χ1v) is 7.23. The van der Waals surface area contributed by atoms with Gasteiger partial charge in [0.05, 0.1) is 19.0 Å². The maximum absolute atomic E-state index is 12.5. The second-order valence-electron chi connectivity index (χ2n) is 4.68. The van der Waals surface area contributed by atoms with Crippen LogP contribution in [0, 0.1) is 5.92 Å². The number of aromatic nitrogens is 2. The van der Waals surface area contributed by atoms with Gasteiger partial charge in [0.2, 0.25) is 0 Å². The summed E-state index contributed by atoms with van der Waals surface area (Å²) < 4.78 is 27.8. The number of sulfonamides is 1. The summed E-state index contributed by atoms with van der Waals surface area (Å²) in [6.45, 7) is 2.15. The number of nitrogens with zero attached hydrogens (tertiary/aromatic N) is 3. The minimum absolute atomic E-state index is 0.00458. The summed E-state index contributed by atoms with van der Waals surface area (Å²) in [6.07, 6.45) is 2.11. The normalized spacial score (nSPS) is 25.7. The van der Waals surface area contributed by atoms with Crippen LogP contribution in [0.1, 0.15) is 13.3 Å². The van der Waals surface area contributed by atoms with Gasteiger partial charge in [-0.2, -0.15) is 4.31 Å². The van der Waals surface area contributed by atoms with Gasteiger partial charge in [0.25, 0.3) is 10.0 Å². The zero-order valence-corrected chi connectivity index (χ0v) is 11.3. The number of anilines is 1. The first-order valence-electron chi connectivity index (χ1n) is 5.79. The van der Waals surface area contributed by atoms with E-state index in [2.05, 4.69) is 4.98 Å². The predicted octanol–water partition coefficient (Wildman–Crippen LogP) is -0.606. The van der Waals surface area contributed by atoms with Crippen LogP contribution >= 0.6 is 0 Å². The third kappa shape index (κ3) is 1.90. The Hall–Kier alpha value is -1.12. The Bertz CT molecular complexity index is 520. The van der Waals surface area contributed by atoms with Crippen molar-refractivity contribution in [3.63, 3.8) is 0 Å². The number of aryl methyl sites for hydroxylation is 1. The van der Waals surface area contributed by atoms with Crippen molar-refractivity contribution in [2.24, 2.45) is 13.0 Å². The second-order valence-corrected chi connectivity index (χ2v) is 6.48. The minimum Gasteiger partial charge on any atom is -0.395 e. The van der Waals surface area contributed by atoms with Gasteiger partial charge in [-0.1, -0.05) is 6.92 Å². The molecule has 3 N–H and O–H groups in total. The van der Waals surface area contributed by atoms with Gasteiger partial charge in [0, 0.05) is 13.6 Å². The smallest absolute Gasteiger partial charge is 0.262 e. The number of imidazole rings is 1. The van der Waals surface area contributed by atoms with Crippen LogP contribution in [-0.4, -0.2) is 46.6 Å². The highest BCUT2D eigenvalue weighted by atomic mass is 32.2. The fourth-order valence-electron chi connectivity index (χ4n) is 2.40. The largest absolute Gasteiger partial charge is 0.395 e.